The van der Waals surface area contributed by atoms with E-state index in [4.69, 9.17) is 0 Å². The van der Waals surface area contributed by atoms with Crippen molar-refractivity contribution < 1.29 is 23.4 Å². The van der Waals surface area contributed by atoms with E-state index in [0.29, 0.717) is 62.6 Å². The van der Waals surface area contributed by atoms with E-state index in [0.717, 1.165) is 33.6 Å². The molecule has 0 saturated heterocycles. The first-order chi connectivity index (χ1) is 23.9. The normalized spacial score (nSPS) is 24.5. The summed E-state index contributed by atoms with van der Waals surface area (Å²) in [5.41, 5.74) is 3.88. The van der Waals surface area contributed by atoms with Crippen molar-refractivity contribution >= 4 is 27.1 Å². The zero-order valence-corrected chi connectivity index (χ0v) is 31.0. The molecule has 3 aliphatic carbocycles. The van der Waals surface area contributed by atoms with Crippen LogP contribution in [0.3, 0.4) is 0 Å². The first kappa shape index (κ1) is 36.4. The van der Waals surface area contributed by atoms with E-state index >= 15 is 0 Å². The fraction of sp³-hybridized carbons (Fsp3) is 0.405. The average Bonchev–Trinajstić information content (AvgIpc) is 3.71. The van der Waals surface area contributed by atoms with Crippen LogP contribution in [0, 0.1) is 5.41 Å². The highest BCUT2D eigenvalue weighted by molar-refractivity contribution is 7.88. The molecule has 4 atom stereocenters. The lowest BCUT2D eigenvalue weighted by atomic mass is 9.64. The topological polar surface area (TPSA) is 94.9 Å². The fourth-order valence-corrected chi connectivity index (χ4v) is 9.81. The molecule has 3 aromatic carbocycles. The van der Waals surface area contributed by atoms with Gasteiger partial charge in [-0.2, -0.15) is 4.31 Å². The summed E-state index contributed by atoms with van der Waals surface area (Å²) in [5.74, 6) is -0.296. The van der Waals surface area contributed by atoms with Gasteiger partial charge in [0, 0.05) is 34.5 Å². The molecule has 0 spiro atoms. The Kier molecular flexibility index (Phi) is 11.0. The molecule has 1 aromatic heterocycles. The van der Waals surface area contributed by atoms with Gasteiger partial charge in [0.25, 0.3) is 0 Å². The van der Waals surface area contributed by atoms with Crippen LogP contribution in [-0.4, -0.2) is 59.8 Å². The number of sulfonamides is 1. The number of aliphatic hydroxyl groups is 2. The number of thiophene rings is 1. The first-order valence-electron chi connectivity index (χ1n) is 17.7. The molecule has 50 heavy (non-hydrogen) atoms. The smallest absolute Gasteiger partial charge is 0.211 e. The minimum Gasteiger partial charge on any atom is -0.393 e. The summed E-state index contributed by atoms with van der Waals surface area (Å²) in [6.45, 7) is 4.48. The standard InChI is InChI=1S/C42H49NO5S2/c1-30-11-9-23-41(2)39(21-24-42(41,46)29-43(50(3,47)48)25-22-34-14-10-26-49-34)36-20-18-31(27-33(44)19-17-30)28-38(36)40(45)37-16-8-7-15-35(37)32-12-5-4-6-13-32/h4-8,10-16,18,20,26,28,33,39,44,46H,9,17,19,21-25,27,29H2,1-3H3/t33-,39-,41-,42+/m0/s1. The van der Waals surface area contributed by atoms with Crippen molar-refractivity contribution in [2.75, 3.05) is 19.3 Å². The van der Waals surface area contributed by atoms with E-state index in [2.05, 4.69) is 19.9 Å². The first-order valence-corrected chi connectivity index (χ1v) is 20.5. The van der Waals surface area contributed by atoms with E-state index in [-0.39, 0.29) is 18.2 Å². The third kappa shape index (κ3) is 7.75. The maximum atomic E-state index is 14.9. The van der Waals surface area contributed by atoms with Crippen LogP contribution in [0.2, 0.25) is 0 Å². The van der Waals surface area contributed by atoms with Gasteiger partial charge in [-0.3, -0.25) is 4.79 Å². The number of rotatable bonds is 9. The van der Waals surface area contributed by atoms with Gasteiger partial charge in [-0.1, -0.05) is 91.4 Å². The summed E-state index contributed by atoms with van der Waals surface area (Å²) < 4.78 is 27.9. The zero-order chi connectivity index (χ0) is 35.5. The van der Waals surface area contributed by atoms with Crippen molar-refractivity contribution in [2.24, 2.45) is 5.41 Å². The Morgan fingerprint density at radius 2 is 1.72 bits per heavy atom. The van der Waals surface area contributed by atoms with Gasteiger partial charge < -0.3 is 10.2 Å². The number of hydrogen-bond donors (Lipinski definition) is 2. The number of ketones is 1. The van der Waals surface area contributed by atoms with E-state index in [9.17, 15) is 23.4 Å². The third-order valence-corrected chi connectivity index (χ3v) is 13.5. The monoisotopic (exact) mass is 711 g/mol. The number of hydrogen-bond acceptors (Lipinski definition) is 6. The molecule has 0 radical (unpaired) electrons. The van der Waals surface area contributed by atoms with Crippen LogP contribution in [0.1, 0.15) is 90.2 Å². The molecule has 7 rings (SSSR count). The van der Waals surface area contributed by atoms with Crippen molar-refractivity contribution in [3.05, 3.63) is 129 Å². The number of carbonyl (C=O) groups excluding carboxylic acids is 1. The minimum atomic E-state index is -3.62. The fourth-order valence-electron chi connectivity index (χ4n) is 8.24. The lowest BCUT2D eigenvalue weighted by Crippen LogP contribution is -2.54. The second kappa shape index (κ2) is 15.1. The number of carbonyl (C=O) groups is 1. The summed E-state index contributed by atoms with van der Waals surface area (Å²) in [6.07, 6.45) is 7.62. The lowest BCUT2D eigenvalue weighted by Gasteiger charge is -2.45. The second-order valence-corrected chi connectivity index (χ2v) is 17.6. The van der Waals surface area contributed by atoms with Gasteiger partial charge >= 0.3 is 0 Å². The van der Waals surface area contributed by atoms with Gasteiger partial charge in [-0.05, 0) is 104 Å². The molecule has 3 aliphatic rings. The van der Waals surface area contributed by atoms with E-state index in [1.165, 1.54) is 16.1 Å². The zero-order valence-electron chi connectivity index (χ0n) is 29.3. The van der Waals surface area contributed by atoms with Gasteiger partial charge in [0.05, 0.1) is 18.0 Å². The number of nitrogens with zero attached hydrogens (tertiary/aromatic N) is 1. The van der Waals surface area contributed by atoms with Crippen molar-refractivity contribution in [3.8, 4) is 11.1 Å². The van der Waals surface area contributed by atoms with Crippen LogP contribution < -0.4 is 0 Å². The molecule has 0 aliphatic heterocycles. The lowest BCUT2D eigenvalue weighted by molar-refractivity contribution is -0.0722. The Hall–Kier alpha value is -3.40. The molecule has 2 N–H and O–H groups in total. The SMILES string of the molecule is CC1=CCC[C@@]2(C)[C@@H](CC[C@@]2(O)CN(CCc2cccs2)S(C)(=O)=O)c2ccc(cc2C(=O)c2ccccc2-c2ccccc2)C[C@@H](O)CC1. The maximum Gasteiger partial charge on any atom is 0.211 e. The predicted molar refractivity (Wildman–Crippen MR) is 203 cm³/mol. The maximum absolute atomic E-state index is 14.9. The van der Waals surface area contributed by atoms with Crippen molar-refractivity contribution in [1.29, 1.82) is 0 Å². The molecule has 8 heteroatoms. The van der Waals surface area contributed by atoms with E-state index in [1.54, 1.807) is 11.3 Å². The highest BCUT2D eigenvalue weighted by Crippen LogP contribution is 2.59. The summed E-state index contributed by atoms with van der Waals surface area (Å²) in [5, 5.41) is 25.8. The highest BCUT2D eigenvalue weighted by atomic mass is 32.2. The van der Waals surface area contributed by atoms with E-state index < -0.39 is 27.1 Å². The molecule has 1 saturated carbocycles. The van der Waals surface area contributed by atoms with Crippen LogP contribution in [0.4, 0.5) is 0 Å². The third-order valence-electron chi connectivity index (χ3n) is 11.3. The molecule has 0 amide bonds. The molecule has 6 nitrogen and oxygen atoms in total. The van der Waals surface area contributed by atoms with Gasteiger partial charge in [0.15, 0.2) is 5.78 Å². The molecular weight excluding hydrogens is 663 g/mol. The molecule has 4 aromatic rings. The van der Waals surface area contributed by atoms with Gasteiger partial charge in [-0.15, -0.1) is 11.3 Å². The van der Waals surface area contributed by atoms with Crippen LogP contribution in [0.15, 0.2) is 102 Å². The molecule has 0 unspecified atom stereocenters. The van der Waals surface area contributed by atoms with Crippen LogP contribution in [-0.2, 0) is 22.9 Å². The second-order valence-electron chi connectivity index (χ2n) is 14.6. The average molecular weight is 712 g/mol. The quantitative estimate of drug-likeness (QED) is 0.135. The number of aliphatic hydroxyl groups excluding tert-OH is 1. The van der Waals surface area contributed by atoms with Gasteiger partial charge in [0.2, 0.25) is 10.0 Å². The minimum absolute atomic E-state index is 0.00268. The molecule has 1 fully saturated rings. The Morgan fingerprint density at radius 1 is 0.960 bits per heavy atom. The molecule has 2 bridgehead atoms. The number of fused-ring (bicyclic) bond motifs is 8. The number of allylic oxidation sites excluding steroid dienone is 2. The highest BCUT2D eigenvalue weighted by Gasteiger charge is 2.57. The molecule has 1 heterocycles. The van der Waals surface area contributed by atoms with E-state index in [1.807, 2.05) is 90.3 Å². The predicted octanol–water partition coefficient (Wildman–Crippen LogP) is 8.19. The Balaban J connectivity index is 1.45. The van der Waals surface area contributed by atoms with Gasteiger partial charge in [0.1, 0.15) is 0 Å². The van der Waals surface area contributed by atoms with Crippen LogP contribution in [0.5, 0.6) is 0 Å². The Morgan fingerprint density at radius 3 is 2.46 bits per heavy atom. The van der Waals surface area contributed by atoms with Crippen molar-refractivity contribution in [1.82, 2.24) is 4.31 Å². The summed E-state index contributed by atoms with van der Waals surface area (Å²) >= 11 is 1.60. The molecule has 264 valence electrons. The summed E-state index contributed by atoms with van der Waals surface area (Å²) in [4.78, 5) is 16.0. The van der Waals surface area contributed by atoms with Crippen LogP contribution >= 0.6 is 11.3 Å². The van der Waals surface area contributed by atoms with Crippen molar-refractivity contribution in [2.45, 2.75) is 82.8 Å². The van der Waals surface area contributed by atoms with Crippen LogP contribution in [0.25, 0.3) is 11.1 Å². The summed E-state index contributed by atoms with van der Waals surface area (Å²) in [7, 11) is -3.62. The number of benzene rings is 3. The summed E-state index contributed by atoms with van der Waals surface area (Å²) in [6, 6.07) is 27.6. The molecular formula is C42H49NO5S2. The van der Waals surface area contributed by atoms with Crippen molar-refractivity contribution in [3.63, 3.8) is 0 Å². The Labute approximate surface area is 301 Å². The largest absolute Gasteiger partial charge is 0.393 e. The Bertz CT molecular complexity index is 1940. The van der Waals surface area contributed by atoms with Gasteiger partial charge in [-0.25, -0.2) is 8.42 Å².